The summed E-state index contributed by atoms with van der Waals surface area (Å²) in [5, 5.41) is 0. The van der Waals surface area contributed by atoms with Crippen LogP contribution in [0.15, 0.2) is 11.0 Å². The third-order valence-corrected chi connectivity index (χ3v) is 4.00. The number of hydrogen-bond acceptors (Lipinski definition) is 4. The van der Waals surface area contributed by atoms with Gasteiger partial charge in [-0.3, -0.25) is 0 Å². The Kier molecular flexibility index (Phi) is 2.75. The van der Waals surface area contributed by atoms with E-state index in [2.05, 4.69) is 0 Å². The largest absolute Gasteiger partial charge is 0.495 e. The van der Waals surface area contributed by atoms with Gasteiger partial charge in [0.05, 0.1) is 13.7 Å². The van der Waals surface area contributed by atoms with Crippen molar-refractivity contribution in [1.82, 2.24) is 0 Å². The van der Waals surface area contributed by atoms with Crippen molar-refractivity contribution >= 4 is 19.7 Å². The number of ether oxygens (including phenoxy) is 2. The van der Waals surface area contributed by atoms with E-state index in [0.29, 0.717) is 30.1 Å². The normalized spacial score (nSPS) is 14.4. The number of rotatable bonds is 2. The van der Waals surface area contributed by atoms with Crippen LogP contribution in [0.25, 0.3) is 0 Å². The van der Waals surface area contributed by atoms with Crippen LogP contribution in [-0.4, -0.2) is 22.1 Å². The summed E-state index contributed by atoms with van der Waals surface area (Å²) in [6.45, 7) is 2.21. The van der Waals surface area contributed by atoms with Crippen molar-refractivity contribution in [2.45, 2.75) is 18.2 Å². The second-order valence-electron chi connectivity index (χ2n) is 3.57. The molecule has 2 rings (SSSR count). The monoisotopic (exact) mass is 262 g/mol. The van der Waals surface area contributed by atoms with Crippen LogP contribution in [0.5, 0.6) is 11.5 Å². The summed E-state index contributed by atoms with van der Waals surface area (Å²) in [4.78, 5) is 0.0425. The van der Waals surface area contributed by atoms with Gasteiger partial charge in [-0.25, -0.2) is 8.42 Å². The van der Waals surface area contributed by atoms with Gasteiger partial charge in [0.15, 0.2) is 0 Å². The zero-order valence-electron chi connectivity index (χ0n) is 8.91. The number of hydrogen-bond donors (Lipinski definition) is 0. The first-order valence-corrected chi connectivity index (χ1v) is 7.04. The molecule has 0 fully saturated rings. The highest BCUT2D eigenvalue weighted by molar-refractivity contribution is 8.13. The molecule has 0 N–H and O–H groups in total. The molecule has 4 nitrogen and oxygen atoms in total. The second kappa shape index (κ2) is 3.82. The van der Waals surface area contributed by atoms with Crippen LogP contribution >= 0.6 is 10.7 Å². The fraction of sp³-hybridized carbons (Fsp3) is 0.400. The van der Waals surface area contributed by atoms with Crippen molar-refractivity contribution in [1.29, 1.82) is 0 Å². The van der Waals surface area contributed by atoms with Gasteiger partial charge in [0.1, 0.15) is 16.4 Å². The first-order valence-electron chi connectivity index (χ1n) is 4.73. The molecule has 0 aromatic heterocycles. The average molecular weight is 263 g/mol. The van der Waals surface area contributed by atoms with Gasteiger partial charge in [0.25, 0.3) is 9.05 Å². The van der Waals surface area contributed by atoms with Gasteiger partial charge in [0, 0.05) is 22.7 Å². The highest BCUT2D eigenvalue weighted by atomic mass is 35.7. The molecule has 1 aliphatic heterocycles. The minimum absolute atomic E-state index is 0.0425. The van der Waals surface area contributed by atoms with E-state index in [0.717, 1.165) is 5.56 Å². The number of aryl methyl sites for hydroxylation is 1. The molecule has 0 aliphatic carbocycles. The molecule has 16 heavy (non-hydrogen) atoms. The highest BCUT2D eigenvalue weighted by Gasteiger charge is 2.28. The number of methoxy groups -OCH3 is 1. The maximum Gasteiger partial charge on any atom is 0.265 e. The van der Waals surface area contributed by atoms with Gasteiger partial charge >= 0.3 is 0 Å². The van der Waals surface area contributed by atoms with Crippen LogP contribution in [0.3, 0.4) is 0 Å². The van der Waals surface area contributed by atoms with Gasteiger partial charge < -0.3 is 9.47 Å². The standard InChI is InChI=1S/C10H11ClO4S/c1-6-5-8-7(3-4-15-8)9(14-2)10(6)16(11,12)13/h5H,3-4H2,1-2H3. The molecule has 1 aromatic rings. The molecule has 1 heterocycles. The summed E-state index contributed by atoms with van der Waals surface area (Å²) in [5.41, 5.74) is 1.31. The number of fused-ring (bicyclic) bond motifs is 1. The molecule has 0 atom stereocenters. The molecule has 0 spiro atoms. The Balaban J connectivity index is 2.79. The summed E-state index contributed by atoms with van der Waals surface area (Å²) < 4.78 is 33.5. The summed E-state index contributed by atoms with van der Waals surface area (Å²) in [5.74, 6) is 0.987. The first kappa shape index (κ1) is 11.5. The van der Waals surface area contributed by atoms with E-state index >= 15 is 0 Å². The molecule has 6 heteroatoms. The second-order valence-corrected chi connectivity index (χ2v) is 6.07. The minimum atomic E-state index is -3.81. The van der Waals surface area contributed by atoms with Crippen molar-refractivity contribution in [3.8, 4) is 11.5 Å². The zero-order valence-corrected chi connectivity index (χ0v) is 10.5. The quantitative estimate of drug-likeness (QED) is 0.764. The zero-order chi connectivity index (χ0) is 11.9. The molecule has 0 radical (unpaired) electrons. The van der Waals surface area contributed by atoms with Crippen molar-refractivity contribution in [2.75, 3.05) is 13.7 Å². The molecule has 1 aromatic carbocycles. The summed E-state index contributed by atoms with van der Waals surface area (Å²) in [6.07, 6.45) is 0.637. The lowest BCUT2D eigenvalue weighted by Gasteiger charge is -2.12. The Hall–Kier alpha value is -0.940. The first-order chi connectivity index (χ1) is 7.45. The summed E-state index contributed by atoms with van der Waals surface area (Å²) in [6, 6.07) is 1.68. The third-order valence-electron chi connectivity index (χ3n) is 2.54. The fourth-order valence-corrected chi connectivity index (χ4v) is 3.37. The Morgan fingerprint density at radius 1 is 1.50 bits per heavy atom. The maximum absolute atomic E-state index is 11.5. The molecular weight excluding hydrogens is 252 g/mol. The van der Waals surface area contributed by atoms with E-state index in [1.165, 1.54) is 7.11 Å². The van der Waals surface area contributed by atoms with Crippen LogP contribution in [0.4, 0.5) is 0 Å². The lowest BCUT2D eigenvalue weighted by atomic mass is 10.1. The van der Waals surface area contributed by atoms with E-state index < -0.39 is 9.05 Å². The predicted octanol–water partition coefficient (Wildman–Crippen LogP) is 1.87. The van der Waals surface area contributed by atoms with E-state index in [1.54, 1.807) is 13.0 Å². The Morgan fingerprint density at radius 2 is 2.19 bits per heavy atom. The lowest BCUT2D eigenvalue weighted by Crippen LogP contribution is -2.02. The molecule has 0 bridgehead atoms. The Bertz CT molecular complexity index is 536. The molecular formula is C10H11ClO4S. The van der Waals surface area contributed by atoms with E-state index in [4.69, 9.17) is 20.2 Å². The highest BCUT2D eigenvalue weighted by Crippen LogP contribution is 2.41. The minimum Gasteiger partial charge on any atom is -0.495 e. The lowest BCUT2D eigenvalue weighted by molar-refractivity contribution is 0.356. The van der Waals surface area contributed by atoms with Crippen molar-refractivity contribution in [3.05, 3.63) is 17.2 Å². The van der Waals surface area contributed by atoms with Crippen molar-refractivity contribution in [3.63, 3.8) is 0 Å². The van der Waals surface area contributed by atoms with Gasteiger partial charge in [0.2, 0.25) is 0 Å². The number of benzene rings is 1. The van der Waals surface area contributed by atoms with Gasteiger partial charge in [-0.1, -0.05) is 0 Å². The van der Waals surface area contributed by atoms with Crippen LogP contribution in [0.1, 0.15) is 11.1 Å². The van der Waals surface area contributed by atoms with E-state index in [-0.39, 0.29) is 4.90 Å². The summed E-state index contributed by atoms with van der Waals surface area (Å²) in [7, 11) is 3.02. The van der Waals surface area contributed by atoms with Crippen LogP contribution in [0.2, 0.25) is 0 Å². The van der Waals surface area contributed by atoms with Crippen molar-refractivity contribution < 1.29 is 17.9 Å². The fourth-order valence-electron chi connectivity index (χ4n) is 1.92. The molecule has 88 valence electrons. The molecule has 0 amide bonds. The molecule has 1 aliphatic rings. The number of halogens is 1. The van der Waals surface area contributed by atoms with Crippen LogP contribution in [-0.2, 0) is 15.5 Å². The Morgan fingerprint density at radius 3 is 2.75 bits per heavy atom. The van der Waals surface area contributed by atoms with Crippen LogP contribution < -0.4 is 9.47 Å². The molecule has 0 unspecified atom stereocenters. The van der Waals surface area contributed by atoms with Gasteiger partial charge in [-0.05, 0) is 18.6 Å². The van der Waals surface area contributed by atoms with Gasteiger partial charge in [-0.2, -0.15) is 0 Å². The topological polar surface area (TPSA) is 52.6 Å². The summed E-state index contributed by atoms with van der Waals surface area (Å²) >= 11 is 0. The smallest absolute Gasteiger partial charge is 0.265 e. The van der Waals surface area contributed by atoms with E-state index in [1.807, 2.05) is 0 Å². The Labute approximate surface area is 98.5 Å². The average Bonchev–Trinajstić information content (AvgIpc) is 2.60. The SMILES string of the molecule is COc1c2c(cc(C)c1S(=O)(=O)Cl)OCC2. The third kappa shape index (κ3) is 1.74. The van der Waals surface area contributed by atoms with Crippen molar-refractivity contribution in [2.24, 2.45) is 0 Å². The molecule has 0 saturated carbocycles. The maximum atomic E-state index is 11.5. The van der Waals surface area contributed by atoms with E-state index in [9.17, 15) is 8.42 Å². The van der Waals surface area contributed by atoms with Crippen LogP contribution in [0, 0.1) is 6.92 Å². The predicted molar refractivity (Wildman–Crippen MR) is 60.0 cm³/mol. The molecule has 0 saturated heterocycles. The van der Waals surface area contributed by atoms with Gasteiger partial charge in [-0.15, -0.1) is 0 Å².